The molecule has 2 N–H and O–H groups in total. The molecule has 2 aromatic rings. The van der Waals surface area contributed by atoms with Crippen LogP contribution in [0.15, 0.2) is 42.5 Å². The molecule has 0 spiro atoms. The van der Waals surface area contributed by atoms with Gasteiger partial charge in [0.1, 0.15) is 23.7 Å². The van der Waals surface area contributed by atoms with E-state index in [1.54, 1.807) is 6.07 Å². The molecule has 0 saturated carbocycles. The molecular formula is C20H22ClNO3. The summed E-state index contributed by atoms with van der Waals surface area (Å²) in [6.07, 6.45) is 2.70. The standard InChI is InChI=1S/C20H22ClNO3/c1-14-2-3-16(12-19(14)21)20(22,13-23)15-4-6-17(7-5-15)25-18-8-10-24-11-9-18/h2-7,12-13,18H,8-11,22H2,1H3. The van der Waals surface area contributed by atoms with Gasteiger partial charge in [0.15, 0.2) is 0 Å². The van der Waals surface area contributed by atoms with Crippen LogP contribution in [0.2, 0.25) is 5.02 Å². The van der Waals surface area contributed by atoms with Crippen molar-refractivity contribution < 1.29 is 14.3 Å². The van der Waals surface area contributed by atoms with Crippen molar-refractivity contribution in [2.45, 2.75) is 31.4 Å². The second-order valence-corrected chi connectivity index (χ2v) is 6.81. The van der Waals surface area contributed by atoms with Gasteiger partial charge in [-0.2, -0.15) is 0 Å². The van der Waals surface area contributed by atoms with Gasteiger partial charge in [0.2, 0.25) is 0 Å². The van der Waals surface area contributed by atoms with Crippen LogP contribution >= 0.6 is 11.6 Å². The number of hydrogen-bond acceptors (Lipinski definition) is 4. The van der Waals surface area contributed by atoms with Crippen molar-refractivity contribution in [2.24, 2.45) is 5.73 Å². The third-order valence-corrected chi connectivity index (χ3v) is 5.05. The lowest BCUT2D eigenvalue weighted by molar-refractivity contribution is -0.111. The van der Waals surface area contributed by atoms with E-state index in [0.717, 1.165) is 43.7 Å². The smallest absolute Gasteiger partial charge is 0.148 e. The van der Waals surface area contributed by atoms with Gasteiger partial charge in [0.05, 0.1) is 13.2 Å². The lowest BCUT2D eigenvalue weighted by Crippen LogP contribution is -2.39. The topological polar surface area (TPSA) is 61.6 Å². The largest absolute Gasteiger partial charge is 0.490 e. The van der Waals surface area contributed by atoms with Crippen LogP contribution in [0.4, 0.5) is 0 Å². The van der Waals surface area contributed by atoms with Gasteiger partial charge < -0.3 is 20.0 Å². The van der Waals surface area contributed by atoms with Crippen molar-refractivity contribution in [1.29, 1.82) is 0 Å². The maximum atomic E-state index is 11.8. The summed E-state index contributed by atoms with van der Waals surface area (Å²) in [5, 5.41) is 0.591. The zero-order chi connectivity index (χ0) is 17.9. The van der Waals surface area contributed by atoms with Crippen LogP contribution in [-0.2, 0) is 15.1 Å². The molecule has 2 aromatic carbocycles. The lowest BCUT2D eigenvalue weighted by atomic mass is 9.85. The van der Waals surface area contributed by atoms with Crippen molar-refractivity contribution in [1.82, 2.24) is 0 Å². The van der Waals surface area contributed by atoms with Gasteiger partial charge in [-0.25, -0.2) is 0 Å². The Balaban J connectivity index is 1.82. The molecule has 0 bridgehead atoms. The third-order valence-electron chi connectivity index (χ3n) is 4.64. The highest BCUT2D eigenvalue weighted by molar-refractivity contribution is 6.31. The summed E-state index contributed by atoms with van der Waals surface area (Å²) in [5.74, 6) is 0.769. The Kier molecular flexibility index (Phi) is 5.42. The van der Waals surface area contributed by atoms with Crippen molar-refractivity contribution >= 4 is 17.9 Å². The Morgan fingerprint density at radius 3 is 2.40 bits per heavy atom. The van der Waals surface area contributed by atoms with Crippen molar-refractivity contribution in [2.75, 3.05) is 13.2 Å². The molecule has 25 heavy (non-hydrogen) atoms. The zero-order valence-electron chi connectivity index (χ0n) is 14.2. The number of rotatable bonds is 5. The van der Waals surface area contributed by atoms with Crippen LogP contribution in [-0.4, -0.2) is 25.6 Å². The monoisotopic (exact) mass is 359 g/mol. The quantitative estimate of drug-likeness (QED) is 0.828. The first-order chi connectivity index (χ1) is 12.0. The van der Waals surface area contributed by atoms with Gasteiger partial charge in [0, 0.05) is 17.9 Å². The number of aryl methyl sites for hydroxylation is 1. The highest BCUT2D eigenvalue weighted by atomic mass is 35.5. The van der Waals surface area contributed by atoms with Gasteiger partial charge >= 0.3 is 0 Å². The number of hydrogen-bond donors (Lipinski definition) is 1. The van der Waals surface area contributed by atoms with Gasteiger partial charge in [-0.05, 0) is 41.8 Å². The molecule has 1 atom stereocenters. The minimum absolute atomic E-state index is 0.171. The van der Waals surface area contributed by atoms with Crippen LogP contribution in [0, 0.1) is 6.92 Å². The van der Waals surface area contributed by atoms with E-state index in [1.807, 2.05) is 43.3 Å². The predicted molar refractivity (Wildman–Crippen MR) is 98.1 cm³/mol. The first kappa shape index (κ1) is 17.9. The molecule has 132 valence electrons. The summed E-state index contributed by atoms with van der Waals surface area (Å²) in [6, 6.07) is 12.8. The van der Waals surface area contributed by atoms with Gasteiger partial charge in [0.25, 0.3) is 0 Å². The second-order valence-electron chi connectivity index (χ2n) is 6.40. The molecule has 1 aliphatic heterocycles. The molecule has 3 rings (SSSR count). The lowest BCUT2D eigenvalue weighted by Gasteiger charge is -2.26. The number of carbonyl (C=O) groups excluding carboxylic acids is 1. The van der Waals surface area contributed by atoms with E-state index in [0.29, 0.717) is 16.1 Å². The zero-order valence-corrected chi connectivity index (χ0v) is 15.0. The molecule has 4 nitrogen and oxygen atoms in total. The SMILES string of the molecule is Cc1ccc(C(N)(C=O)c2ccc(OC3CCOCC3)cc2)cc1Cl. The Bertz CT molecular complexity index is 741. The fraction of sp³-hybridized carbons (Fsp3) is 0.350. The molecule has 1 fully saturated rings. The third kappa shape index (κ3) is 3.87. The minimum Gasteiger partial charge on any atom is -0.490 e. The summed E-state index contributed by atoms with van der Waals surface area (Å²) < 4.78 is 11.3. The number of carbonyl (C=O) groups is 1. The van der Waals surface area contributed by atoms with Gasteiger partial charge in [-0.1, -0.05) is 35.9 Å². The summed E-state index contributed by atoms with van der Waals surface area (Å²) >= 11 is 6.20. The fourth-order valence-electron chi connectivity index (χ4n) is 2.95. The fourth-order valence-corrected chi connectivity index (χ4v) is 3.13. The van der Waals surface area contributed by atoms with Crippen LogP contribution < -0.4 is 10.5 Å². The Hall–Kier alpha value is -1.88. The molecule has 1 heterocycles. The van der Waals surface area contributed by atoms with Crippen LogP contribution in [0.25, 0.3) is 0 Å². The van der Waals surface area contributed by atoms with Crippen LogP contribution in [0.5, 0.6) is 5.75 Å². The molecule has 0 aromatic heterocycles. The number of ether oxygens (including phenoxy) is 2. The maximum absolute atomic E-state index is 11.8. The molecule has 0 radical (unpaired) electrons. The van der Waals surface area contributed by atoms with E-state index >= 15 is 0 Å². The average molecular weight is 360 g/mol. The number of aldehydes is 1. The van der Waals surface area contributed by atoms with Gasteiger partial charge in [-0.15, -0.1) is 0 Å². The number of benzene rings is 2. The molecule has 0 amide bonds. The first-order valence-corrected chi connectivity index (χ1v) is 8.77. The predicted octanol–water partition coefficient (Wildman–Crippen LogP) is 3.61. The van der Waals surface area contributed by atoms with E-state index in [4.69, 9.17) is 26.8 Å². The van der Waals surface area contributed by atoms with Crippen molar-refractivity contribution in [3.05, 3.63) is 64.2 Å². The average Bonchev–Trinajstić information content (AvgIpc) is 2.65. The summed E-state index contributed by atoms with van der Waals surface area (Å²) in [4.78, 5) is 11.8. The van der Waals surface area contributed by atoms with Crippen molar-refractivity contribution in [3.63, 3.8) is 0 Å². The highest BCUT2D eigenvalue weighted by Crippen LogP contribution is 2.30. The van der Waals surface area contributed by atoms with E-state index in [-0.39, 0.29) is 6.10 Å². The van der Waals surface area contributed by atoms with Gasteiger partial charge in [-0.3, -0.25) is 0 Å². The van der Waals surface area contributed by atoms with Crippen molar-refractivity contribution in [3.8, 4) is 5.75 Å². The molecular weight excluding hydrogens is 338 g/mol. The van der Waals surface area contributed by atoms with E-state index in [1.165, 1.54) is 0 Å². The first-order valence-electron chi connectivity index (χ1n) is 8.40. The normalized spacial score (nSPS) is 17.7. The summed E-state index contributed by atoms with van der Waals surface area (Å²) in [5.41, 5.74) is 7.47. The molecule has 1 saturated heterocycles. The Labute approximate surface area is 152 Å². The van der Waals surface area contributed by atoms with E-state index in [2.05, 4.69) is 0 Å². The van der Waals surface area contributed by atoms with Crippen LogP contribution in [0.3, 0.4) is 0 Å². The molecule has 5 heteroatoms. The molecule has 1 unspecified atom stereocenters. The summed E-state index contributed by atoms with van der Waals surface area (Å²) in [7, 11) is 0. The second kappa shape index (κ2) is 7.56. The molecule has 0 aliphatic carbocycles. The highest BCUT2D eigenvalue weighted by Gasteiger charge is 2.30. The molecule has 1 aliphatic rings. The maximum Gasteiger partial charge on any atom is 0.148 e. The number of nitrogens with two attached hydrogens (primary N) is 1. The van der Waals surface area contributed by atoms with Crippen LogP contribution in [0.1, 0.15) is 29.5 Å². The number of halogens is 1. The Morgan fingerprint density at radius 1 is 1.16 bits per heavy atom. The Morgan fingerprint density at radius 2 is 1.80 bits per heavy atom. The van der Waals surface area contributed by atoms with E-state index < -0.39 is 5.54 Å². The van der Waals surface area contributed by atoms with E-state index in [9.17, 15) is 4.79 Å². The minimum atomic E-state index is -1.24. The summed E-state index contributed by atoms with van der Waals surface area (Å²) in [6.45, 7) is 3.37.